The van der Waals surface area contributed by atoms with E-state index in [4.69, 9.17) is 0 Å². The zero-order valence-electron chi connectivity index (χ0n) is 17.0. The molecule has 0 aliphatic carbocycles. The van der Waals surface area contributed by atoms with Gasteiger partial charge in [0.05, 0.1) is 6.54 Å². The number of nitrogens with zero attached hydrogens (tertiary/aromatic N) is 3. The molecule has 0 atom stereocenters. The van der Waals surface area contributed by atoms with Crippen LogP contribution < -0.4 is 5.32 Å². The lowest BCUT2D eigenvalue weighted by Gasteiger charge is -2.14. The van der Waals surface area contributed by atoms with Gasteiger partial charge in [0.25, 0.3) is 5.91 Å². The van der Waals surface area contributed by atoms with Gasteiger partial charge in [-0.3, -0.25) is 14.6 Å². The first-order valence-electron chi connectivity index (χ1n) is 9.91. The summed E-state index contributed by atoms with van der Waals surface area (Å²) < 4.78 is 0.828. The van der Waals surface area contributed by atoms with Gasteiger partial charge in [0.15, 0.2) is 5.78 Å². The Morgan fingerprint density at radius 2 is 1.84 bits per heavy atom. The van der Waals surface area contributed by atoms with Crippen LogP contribution >= 0.6 is 15.9 Å². The number of nitrogens with one attached hydrogen (secondary N) is 1. The Bertz CT molecular complexity index is 1140. The van der Waals surface area contributed by atoms with E-state index in [2.05, 4.69) is 36.1 Å². The summed E-state index contributed by atoms with van der Waals surface area (Å²) in [5.74, 6) is 1.05. The Morgan fingerprint density at radius 3 is 2.52 bits per heavy atom. The minimum absolute atomic E-state index is 0.0460. The highest BCUT2D eigenvalue weighted by atomic mass is 79.9. The number of pyridine rings is 1. The monoisotopic (exact) mass is 476 g/mol. The summed E-state index contributed by atoms with van der Waals surface area (Å²) >= 11 is 3.32. The molecule has 31 heavy (non-hydrogen) atoms. The number of amides is 1. The van der Waals surface area contributed by atoms with Crippen molar-refractivity contribution in [3.8, 4) is 0 Å². The number of halogens is 1. The van der Waals surface area contributed by atoms with Crippen LogP contribution in [-0.4, -0.2) is 47.5 Å². The molecule has 156 valence electrons. The maximum absolute atomic E-state index is 12.9. The van der Waals surface area contributed by atoms with Crippen molar-refractivity contribution in [2.45, 2.75) is 6.42 Å². The Hall–Kier alpha value is -3.32. The van der Waals surface area contributed by atoms with Crippen molar-refractivity contribution < 1.29 is 9.59 Å². The van der Waals surface area contributed by atoms with E-state index < -0.39 is 0 Å². The molecule has 1 aliphatic rings. The molecule has 0 spiro atoms. The number of carbonyl (C=O) groups is 2. The molecule has 0 radical (unpaired) electrons. The number of rotatable bonds is 6. The van der Waals surface area contributed by atoms with Crippen LogP contribution in [0.25, 0.3) is 0 Å². The Labute approximate surface area is 189 Å². The fraction of sp³-hybridized carbons (Fsp3) is 0.167. The van der Waals surface area contributed by atoms with Crippen LogP contribution in [0.1, 0.15) is 31.8 Å². The lowest BCUT2D eigenvalue weighted by atomic mass is 9.97. The van der Waals surface area contributed by atoms with Gasteiger partial charge < -0.3 is 10.2 Å². The molecule has 1 aliphatic heterocycles. The lowest BCUT2D eigenvalue weighted by molar-refractivity contribution is 0.0992. The fourth-order valence-corrected chi connectivity index (χ4v) is 3.69. The molecule has 0 fully saturated rings. The second-order valence-corrected chi connectivity index (χ2v) is 8.19. The van der Waals surface area contributed by atoms with Crippen LogP contribution in [0.3, 0.4) is 0 Å². The molecule has 6 nitrogen and oxygen atoms in total. The molecule has 2 aromatic carbocycles. The number of anilines is 1. The minimum Gasteiger partial charge on any atom is -0.358 e. The maximum atomic E-state index is 12.9. The summed E-state index contributed by atoms with van der Waals surface area (Å²) in [7, 11) is 2.01. The molecule has 0 saturated carbocycles. The van der Waals surface area contributed by atoms with Crippen LogP contribution in [0.5, 0.6) is 0 Å². The van der Waals surface area contributed by atoms with Crippen LogP contribution in [0.2, 0.25) is 0 Å². The van der Waals surface area contributed by atoms with Crippen molar-refractivity contribution in [2.75, 3.05) is 25.5 Å². The third-order valence-electron chi connectivity index (χ3n) is 5.11. The van der Waals surface area contributed by atoms with Gasteiger partial charge >= 0.3 is 0 Å². The number of aromatic nitrogens is 1. The Kier molecular flexibility index (Phi) is 6.23. The Balaban J connectivity index is 1.48. The first kappa shape index (κ1) is 20.9. The predicted molar refractivity (Wildman–Crippen MR) is 125 cm³/mol. The summed E-state index contributed by atoms with van der Waals surface area (Å²) in [6.45, 7) is 1.70. The molecule has 7 heteroatoms. The number of carbonyl (C=O) groups excluding carboxylic acids is 2. The summed E-state index contributed by atoms with van der Waals surface area (Å²) in [4.78, 5) is 36.4. The van der Waals surface area contributed by atoms with E-state index in [-0.39, 0.29) is 18.1 Å². The molecule has 0 saturated heterocycles. The Morgan fingerprint density at radius 1 is 1.06 bits per heavy atom. The number of amidine groups is 1. The SMILES string of the molecule is CN1CCN=C1c1ccc(C(=O)Cc2ccccc2C(=O)Nc2ccc(Br)cn2)cc1. The minimum atomic E-state index is -0.296. The molecule has 2 heterocycles. The second-order valence-electron chi connectivity index (χ2n) is 7.28. The molecule has 0 bridgehead atoms. The third kappa shape index (κ3) is 4.88. The van der Waals surface area contributed by atoms with E-state index in [0.717, 1.165) is 29.0 Å². The van der Waals surface area contributed by atoms with Gasteiger partial charge in [-0.05, 0) is 39.7 Å². The molecule has 4 rings (SSSR count). The summed E-state index contributed by atoms with van der Waals surface area (Å²) in [6, 6.07) is 18.1. The fourth-order valence-electron chi connectivity index (χ4n) is 3.45. The molecular weight excluding hydrogens is 456 g/mol. The molecule has 1 amide bonds. The first-order valence-corrected chi connectivity index (χ1v) is 10.7. The van der Waals surface area contributed by atoms with Gasteiger partial charge in [0.2, 0.25) is 0 Å². The predicted octanol–water partition coefficient (Wildman–Crippen LogP) is 4.21. The van der Waals surface area contributed by atoms with E-state index in [1.54, 1.807) is 36.5 Å². The highest BCUT2D eigenvalue weighted by molar-refractivity contribution is 9.10. The van der Waals surface area contributed by atoms with Gasteiger partial charge in [-0.25, -0.2) is 4.98 Å². The smallest absolute Gasteiger partial charge is 0.257 e. The van der Waals surface area contributed by atoms with E-state index in [1.165, 1.54) is 0 Å². The average molecular weight is 477 g/mol. The van der Waals surface area contributed by atoms with Crippen LogP contribution in [0.4, 0.5) is 5.82 Å². The van der Waals surface area contributed by atoms with Crippen molar-refractivity contribution in [2.24, 2.45) is 4.99 Å². The van der Waals surface area contributed by atoms with E-state index in [9.17, 15) is 9.59 Å². The molecule has 1 aromatic heterocycles. The van der Waals surface area contributed by atoms with Crippen LogP contribution in [0.15, 0.2) is 76.3 Å². The quantitative estimate of drug-likeness (QED) is 0.540. The van der Waals surface area contributed by atoms with Gasteiger partial charge in [-0.1, -0.05) is 42.5 Å². The van der Waals surface area contributed by atoms with Gasteiger partial charge in [0.1, 0.15) is 11.7 Å². The second kappa shape index (κ2) is 9.22. The number of hydrogen-bond acceptors (Lipinski definition) is 5. The highest BCUT2D eigenvalue weighted by Gasteiger charge is 2.17. The number of Topliss-reactive ketones (excluding diaryl/α,β-unsaturated/α-hetero) is 1. The topological polar surface area (TPSA) is 74.7 Å². The normalized spacial score (nSPS) is 13.1. The summed E-state index contributed by atoms with van der Waals surface area (Å²) in [6.07, 6.45) is 1.75. The first-order chi connectivity index (χ1) is 15.0. The number of likely N-dealkylation sites (N-methyl/N-ethyl adjacent to an activating group) is 1. The molecular formula is C24H21BrN4O2. The summed E-state index contributed by atoms with van der Waals surface area (Å²) in [5, 5.41) is 2.78. The molecule has 3 aromatic rings. The zero-order chi connectivity index (χ0) is 21.8. The highest BCUT2D eigenvalue weighted by Crippen LogP contribution is 2.17. The zero-order valence-corrected chi connectivity index (χ0v) is 18.6. The lowest BCUT2D eigenvalue weighted by Crippen LogP contribution is -2.23. The number of aliphatic imine (C=N–C) groups is 1. The largest absolute Gasteiger partial charge is 0.358 e. The van der Waals surface area contributed by atoms with Gasteiger partial charge in [-0.2, -0.15) is 0 Å². The van der Waals surface area contributed by atoms with Crippen molar-refractivity contribution in [3.63, 3.8) is 0 Å². The van der Waals surface area contributed by atoms with Crippen molar-refractivity contribution in [3.05, 3.63) is 93.6 Å². The third-order valence-corrected chi connectivity index (χ3v) is 5.57. The molecule has 1 N–H and O–H groups in total. The summed E-state index contributed by atoms with van der Waals surface area (Å²) in [5.41, 5.74) is 2.73. The van der Waals surface area contributed by atoms with Gasteiger partial charge in [0, 0.05) is 47.4 Å². The standard InChI is InChI=1S/C24H21BrN4O2/c1-29-13-12-26-23(29)17-8-6-16(7-9-17)21(30)14-18-4-2-3-5-20(18)24(31)28-22-11-10-19(25)15-27-22/h2-11,15H,12-14H2,1H3,(H,27,28,31). The van der Waals surface area contributed by atoms with Crippen molar-refractivity contribution >= 4 is 39.3 Å². The number of hydrogen-bond donors (Lipinski definition) is 1. The van der Waals surface area contributed by atoms with E-state index >= 15 is 0 Å². The van der Waals surface area contributed by atoms with Crippen molar-refractivity contribution in [1.29, 1.82) is 0 Å². The number of benzene rings is 2. The van der Waals surface area contributed by atoms with Crippen molar-refractivity contribution in [1.82, 2.24) is 9.88 Å². The number of ketones is 1. The van der Waals surface area contributed by atoms with E-state index in [1.807, 2.05) is 37.4 Å². The molecule has 0 unspecified atom stereocenters. The van der Waals surface area contributed by atoms with E-state index in [0.29, 0.717) is 22.5 Å². The van der Waals surface area contributed by atoms with Crippen LogP contribution in [0, 0.1) is 0 Å². The van der Waals surface area contributed by atoms with Gasteiger partial charge in [-0.15, -0.1) is 0 Å². The van der Waals surface area contributed by atoms with Crippen LogP contribution in [-0.2, 0) is 6.42 Å². The average Bonchev–Trinajstić information content (AvgIpc) is 3.21. The maximum Gasteiger partial charge on any atom is 0.257 e.